The quantitative estimate of drug-likeness (QED) is 0.285. The standard InChI is InChI=1S/C35H33F3N4O4S2/c1-34(2,3)24-15-13-23(14-16-24)19-30-32(44)42(27-11-7-9-25(20-27)35(36,37)38)33(47-30)29(22-39)31(43)40-26-10-8-12-28(21-26)48(45,46)41-17-5-4-6-18-41/h7-16,19-21H,4-6,17-18H2,1-3H3,(H,40,43)/b30-19-,33-29-. The number of carbonyl (C=O) groups is 1. The molecule has 5 rings (SSSR count). The van der Waals surface area contributed by atoms with Gasteiger partial charge in [0.25, 0.3) is 11.5 Å². The fraction of sp³-hybridized carbons (Fsp3) is 0.286. The van der Waals surface area contributed by atoms with Gasteiger partial charge in [0.2, 0.25) is 10.0 Å². The van der Waals surface area contributed by atoms with Crippen LogP contribution in [0.15, 0.2) is 82.5 Å². The largest absolute Gasteiger partial charge is 0.416 e. The van der Waals surface area contributed by atoms with E-state index in [0.717, 1.165) is 58.9 Å². The number of sulfonamides is 1. The first-order valence-electron chi connectivity index (χ1n) is 15.2. The van der Waals surface area contributed by atoms with Crippen molar-refractivity contribution in [3.63, 3.8) is 0 Å². The average molecular weight is 695 g/mol. The zero-order chi connectivity index (χ0) is 34.9. The summed E-state index contributed by atoms with van der Waals surface area (Å²) in [5.41, 5.74) is -0.796. The average Bonchev–Trinajstić information content (AvgIpc) is 3.36. The van der Waals surface area contributed by atoms with Gasteiger partial charge in [0, 0.05) is 18.8 Å². The van der Waals surface area contributed by atoms with Crippen molar-refractivity contribution in [1.29, 1.82) is 5.26 Å². The van der Waals surface area contributed by atoms with Gasteiger partial charge in [-0.1, -0.05) is 63.6 Å². The maximum Gasteiger partial charge on any atom is 0.416 e. The third-order valence-electron chi connectivity index (χ3n) is 7.93. The zero-order valence-corrected chi connectivity index (χ0v) is 28.1. The normalized spacial score (nSPS) is 15.6. The second-order valence-electron chi connectivity index (χ2n) is 12.4. The molecule has 0 bridgehead atoms. The number of anilines is 1. The van der Waals surface area contributed by atoms with Gasteiger partial charge < -0.3 is 5.32 Å². The van der Waals surface area contributed by atoms with Crippen LogP contribution >= 0.6 is 11.3 Å². The molecule has 8 nitrogen and oxygen atoms in total. The third kappa shape index (κ3) is 7.46. The summed E-state index contributed by atoms with van der Waals surface area (Å²) < 4.78 is 69.7. The monoisotopic (exact) mass is 694 g/mol. The molecule has 0 atom stereocenters. The Labute approximate surface area is 280 Å². The third-order valence-corrected chi connectivity index (χ3v) is 10.9. The molecule has 4 aromatic rings. The Balaban J connectivity index is 1.63. The SMILES string of the molecule is CC(C)(C)c1ccc(/C=c2\s/c(=C(/C#N)C(=O)Nc3cccc(S(=O)(=O)N4CCCCC4)c3)n(-c3cccc(C(F)(F)F)c3)c2=O)cc1. The van der Waals surface area contributed by atoms with E-state index in [0.29, 0.717) is 18.7 Å². The van der Waals surface area contributed by atoms with E-state index in [1.807, 2.05) is 18.2 Å². The Bertz CT molecular complexity index is 2190. The van der Waals surface area contributed by atoms with Crippen molar-refractivity contribution in [2.75, 3.05) is 18.4 Å². The topological polar surface area (TPSA) is 112 Å². The highest BCUT2D eigenvalue weighted by Crippen LogP contribution is 2.30. The summed E-state index contributed by atoms with van der Waals surface area (Å²) >= 11 is 0.787. The highest BCUT2D eigenvalue weighted by molar-refractivity contribution is 7.89. The molecule has 1 aliphatic rings. The first-order valence-corrected chi connectivity index (χ1v) is 17.4. The fourth-order valence-electron chi connectivity index (χ4n) is 5.31. The Morgan fingerprint density at radius 2 is 1.60 bits per heavy atom. The molecule has 3 aromatic carbocycles. The van der Waals surface area contributed by atoms with Crippen LogP contribution in [0.25, 0.3) is 17.3 Å². The van der Waals surface area contributed by atoms with Crippen LogP contribution in [0.4, 0.5) is 18.9 Å². The summed E-state index contributed by atoms with van der Waals surface area (Å²) in [5, 5.41) is 12.7. The van der Waals surface area contributed by atoms with Crippen LogP contribution < -0.4 is 20.1 Å². The van der Waals surface area contributed by atoms with Gasteiger partial charge in [0.1, 0.15) is 10.7 Å². The van der Waals surface area contributed by atoms with Crippen molar-refractivity contribution in [3.8, 4) is 11.8 Å². The van der Waals surface area contributed by atoms with Gasteiger partial charge in [-0.05, 0) is 71.9 Å². The summed E-state index contributed by atoms with van der Waals surface area (Å²) in [7, 11) is -3.83. The molecule has 1 N–H and O–H groups in total. The Kier molecular flexibility index (Phi) is 9.82. The smallest absolute Gasteiger partial charge is 0.321 e. The molecule has 0 unspecified atom stereocenters. The lowest BCUT2D eigenvalue weighted by Crippen LogP contribution is -2.35. The molecule has 1 aromatic heterocycles. The molecule has 1 amide bonds. The Morgan fingerprint density at radius 3 is 2.23 bits per heavy atom. The highest BCUT2D eigenvalue weighted by atomic mass is 32.2. The van der Waals surface area contributed by atoms with Gasteiger partial charge in [-0.25, -0.2) is 8.42 Å². The summed E-state index contributed by atoms with van der Waals surface area (Å²) in [6.07, 6.45) is -0.738. The van der Waals surface area contributed by atoms with Crippen LogP contribution in [0, 0.1) is 11.3 Å². The van der Waals surface area contributed by atoms with Gasteiger partial charge in [-0.2, -0.15) is 22.7 Å². The molecule has 0 aliphatic carbocycles. The number of amides is 1. The molecule has 0 saturated carbocycles. The summed E-state index contributed by atoms with van der Waals surface area (Å²) in [6, 6.07) is 18.9. The van der Waals surface area contributed by atoms with Gasteiger partial charge in [0.05, 0.1) is 20.7 Å². The number of aromatic nitrogens is 1. The van der Waals surface area contributed by atoms with E-state index in [4.69, 9.17) is 0 Å². The lowest BCUT2D eigenvalue weighted by Gasteiger charge is -2.26. The second kappa shape index (κ2) is 13.5. The minimum atomic E-state index is -4.71. The minimum absolute atomic E-state index is 0.0351. The molecule has 0 radical (unpaired) electrons. The fourth-order valence-corrected chi connectivity index (χ4v) is 7.98. The molecule has 1 saturated heterocycles. The number of alkyl halides is 3. The van der Waals surface area contributed by atoms with E-state index in [2.05, 4.69) is 26.1 Å². The maximum absolute atomic E-state index is 13.8. The lowest BCUT2D eigenvalue weighted by atomic mass is 9.87. The molecule has 0 spiro atoms. The molecule has 48 heavy (non-hydrogen) atoms. The second-order valence-corrected chi connectivity index (χ2v) is 15.4. The lowest BCUT2D eigenvalue weighted by molar-refractivity contribution is -0.137. The number of nitrogens with one attached hydrogen (secondary N) is 1. The van der Waals surface area contributed by atoms with E-state index < -0.39 is 38.8 Å². The van der Waals surface area contributed by atoms with Crippen LogP contribution in [0.1, 0.15) is 56.7 Å². The number of hydrogen-bond donors (Lipinski definition) is 1. The van der Waals surface area contributed by atoms with Crippen LogP contribution in [-0.4, -0.2) is 36.3 Å². The van der Waals surface area contributed by atoms with Crippen molar-refractivity contribution >= 4 is 44.6 Å². The van der Waals surface area contributed by atoms with Crippen LogP contribution in [0.5, 0.6) is 0 Å². The molecular formula is C35H33F3N4O4S2. The van der Waals surface area contributed by atoms with Gasteiger partial charge in [-0.3, -0.25) is 14.2 Å². The number of piperidine rings is 1. The summed E-state index contributed by atoms with van der Waals surface area (Å²) in [5.74, 6) is -0.965. The van der Waals surface area contributed by atoms with Gasteiger partial charge in [-0.15, -0.1) is 11.3 Å². The van der Waals surface area contributed by atoms with Crippen LogP contribution in [0.2, 0.25) is 0 Å². The molecule has 13 heteroatoms. The van der Waals surface area contributed by atoms with Gasteiger partial charge in [0.15, 0.2) is 5.57 Å². The highest BCUT2D eigenvalue weighted by Gasteiger charge is 2.31. The molecular weight excluding hydrogens is 662 g/mol. The molecule has 1 aliphatic heterocycles. The number of nitrogens with zero attached hydrogens (tertiary/aromatic N) is 3. The number of benzene rings is 3. The van der Waals surface area contributed by atoms with Crippen molar-refractivity contribution < 1.29 is 26.4 Å². The van der Waals surface area contributed by atoms with E-state index in [1.165, 1.54) is 34.6 Å². The Morgan fingerprint density at radius 1 is 0.938 bits per heavy atom. The predicted molar refractivity (Wildman–Crippen MR) is 180 cm³/mol. The molecule has 1 fully saturated rings. The minimum Gasteiger partial charge on any atom is -0.321 e. The summed E-state index contributed by atoms with van der Waals surface area (Å²) in [6.45, 7) is 6.94. The van der Waals surface area contributed by atoms with Gasteiger partial charge >= 0.3 is 6.18 Å². The van der Waals surface area contributed by atoms with Crippen LogP contribution in [0.3, 0.4) is 0 Å². The molecule has 2 heterocycles. The number of carbonyl (C=O) groups excluding carboxylic acids is 1. The van der Waals surface area contributed by atoms with Crippen molar-refractivity contribution in [2.45, 2.75) is 56.5 Å². The number of halogens is 3. The van der Waals surface area contributed by atoms with E-state index in [1.54, 1.807) is 18.2 Å². The maximum atomic E-state index is 13.8. The Hall–Kier alpha value is -4.51. The molecule has 250 valence electrons. The predicted octanol–water partition coefficient (Wildman–Crippen LogP) is 5.53. The number of thiazole rings is 1. The number of rotatable bonds is 6. The number of nitriles is 1. The first-order chi connectivity index (χ1) is 22.6. The van der Waals surface area contributed by atoms with Crippen molar-refractivity contribution in [3.05, 3.63) is 109 Å². The first kappa shape index (κ1) is 34.8. The summed E-state index contributed by atoms with van der Waals surface area (Å²) in [4.78, 5) is 27.4. The van der Waals surface area contributed by atoms with E-state index in [9.17, 15) is 36.4 Å². The van der Waals surface area contributed by atoms with E-state index >= 15 is 0 Å². The van der Waals surface area contributed by atoms with Crippen LogP contribution in [-0.2, 0) is 26.4 Å². The zero-order valence-electron chi connectivity index (χ0n) is 26.5. The van der Waals surface area contributed by atoms with Crippen molar-refractivity contribution in [1.82, 2.24) is 8.87 Å². The van der Waals surface area contributed by atoms with Crippen molar-refractivity contribution in [2.24, 2.45) is 0 Å². The van der Waals surface area contributed by atoms with E-state index in [-0.39, 0.29) is 30.9 Å². The number of hydrogen-bond acceptors (Lipinski definition) is 6.